The second-order valence-electron chi connectivity index (χ2n) is 11.8. The number of allylic oxidation sites excluding steroid dienone is 4. The normalized spacial score (nSPS) is 14.4. The van der Waals surface area contributed by atoms with Gasteiger partial charge >= 0.3 is 11.9 Å². The molecule has 0 fully saturated rings. The predicted octanol–water partition coefficient (Wildman–Crippen LogP) is 9.36. The van der Waals surface area contributed by atoms with Crippen LogP contribution in [0.5, 0.6) is 11.5 Å². The van der Waals surface area contributed by atoms with Gasteiger partial charge in [0.2, 0.25) is 9.67 Å². The van der Waals surface area contributed by atoms with Gasteiger partial charge in [-0.2, -0.15) is 0 Å². The smallest absolute Gasteiger partial charge is 0.340 e. The molecule has 0 radical (unpaired) electrons. The van der Waals surface area contributed by atoms with Crippen molar-refractivity contribution in [3.63, 3.8) is 0 Å². The zero-order chi connectivity index (χ0) is 36.1. The molecule has 3 atom stereocenters. The van der Waals surface area contributed by atoms with Crippen LogP contribution in [0, 0.1) is 0 Å². The van der Waals surface area contributed by atoms with Crippen LogP contribution in [-0.2, 0) is 19.1 Å². The summed E-state index contributed by atoms with van der Waals surface area (Å²) in [6, 6.07) is 2.89. The fourth-order valence-electron chi connectivity index (χ4n) is 4.97. The lowest BCUT2D eigenvalue weighted by Crippen LogP contribution is -2.50. The number of halogens is 4. The lowest BCUT2D eigenvalue weighted by molar-refractivity contribution is -0.183. The van der Waals surface area contributed by atoms with E-state index in [-0.39, 0.29) is 40.2 Å². The number of alkyl halides is 4. The second-order valence-corrected chi connectivity index (χ2v) is 15.7. The molecule has 1 amide bonds. The molecule has 0 bridgehead atoms. The summed E-state index contributed by atoms with van der Waals surface area (Å²) in [5, 5.41) is 10.5. The van der Waals surface area contributed by atoms with Crippen molar-refractivity contribution in [2.45, 2.75) is 113 Å². The Morgan fingerprint density at radius 3 is 2.06 bits per heavy atom. The van der Waals surface area contributed by atoms with E-state index in [2.05, 4.69) is 6.08 Å². The Morgan fingerprint density at radius 1 is 0.979 bits per heavy atom. The third kappa shape index (κ3) is 13.6. The monoisotopic (exact) mass is 755 g/mol. The highest BCUT2D eigenvalue weighted by atomic mass is 35.5. The van der Waals surface area contributed by atoms with Crippen LogP contribution in [0.25, 0.3) is 0 Å². The zero-order valence-electron chi connectivity index (χ0n) is 28.7. The first kappa shape index (κ1) is 43.2. The number of carbonyl (C=O) groups is 3. The molecule has 47 heavy (non-hydrogen) atoms. The van der Waals surface area contributed by atoms with Crippen molar-refractivity contribution in [2.24, 2.45) is 0 Å². The molecular formula is C34H49Cl4NO7S. The number of methoxy groups -OCH3 is 1. The Labute approximate surface area is 304 Å². The molecule has 1 rings (SSSR count). The van der Waals surface area contributed by atoms with Crippen LogP contribution in [0.4, 0.5) is 0 Å². The van der Waals surface area contributed by atoms with Crippen molar-refractivity contribution in [1.82, 2.24) is 4.90 Å². The van der Waals surface area contributed by atoms with Crippen molar-refractivity contribution in [1.29, 1.82) is 0 Å². The zero-order valence-corrected chi connectivity index (χ0v) is 32.5. The van der Waals surface area contributed by atoms with E-state index < -0.39 is 38.6 Å². The fraction of sp³-hybridized carbons (Fsp3) is 0.618. The summed E-state index contributed by atoms with van der Waals surface area (Å²) >= 11 is 25.1. The second kappa shape index (κ2) is 20.7. The maximum Gasteiger partial charge on any atom is 0.340 e. The minimum absolute atomic E-state index is 0.101. The van der Waals surface area contributed by atoms with E-state index in [1.54, 1.807) is 11.8 Å². The van der Waals surface area contributed by atoms with E-state index in [4.69, 9.17) is 60.6 Å². The average molecular weight is 758 g/mol. The van der Waals surface area contributed by atoms with Crippen LogP contribution >= 0.6 is 58.2 Å². The molecule has 13 heteroatoms. The van der Waals surface area contributed by atoms with Crippen LogP contribution in [0.3, 0.4) is 0 Å². The number of hydrogen-bond donors (Lipinski definition) is 1. The number of carbonyl (C=O) groups excluding carboxylic acids is 3. The molecule has 8 nitrogen and oxygen atoms in total. The third-order valence-corrected chi connectivity index (χ3v) is 9.41. The van der Waals surface area contributed by atoms with E-state index in [1.165, 1.54) is 36.6 Å². The number of nitrogens with zero attached hydrogens (tertiary/aromatic N) is 1. The van der Waals surface area contributed by atoms with Gasteiger partial charge in [-0.25, -0.2) is 9.59 Å². The van der Waals surface area contributed by atoms with Crippen LogP contribution in [-0.4, -0.2) is 74.7 Å². The Balaban J connectivity index is 3.94. The van der Waals surface area contributed by atoms with Crippen LogP contribution in [0.2, 0.25) is 0 Å². The average Bonchev–Trinajstić information content (AvgIpc) is 2.98. The number of aromatic hydroxyl groups is 1. The van der Waals surface area contributed by atoms with Gasteiger partial charge < -0.3 is 24.2 Å². The summed E-state index contributed by atoms with van der Waals surface area (Å²) in [6.07, 6.45) is 5.21. The van der Waals surface area contributed by atoms with E-state index in [0.29, 0.717) is 19.5 Å². The topological polar surface area (TPSA) is 102 Å². The molecule has 0 aromatic heterocycles. The molecule has 266 valence electrons. The SMILES string of the molecule is CCN(CC)C(=O)c1cc(O)c([C@@H](SC(C)C)[C@@H](OC(=O)C(Cl)Cl)[C@](C)(CC/C=C(\C)CCC=C(C)C)OC(=O)C(Cl)Cl)c(OC)c1. The van der Waals surface area contributed by atoms with Crippen molar-refractivity contribution in [3.8, 4) is 11.5 Å². The number of esters is 2. The number of phenolic OH excluding ortho intramolecular Hbond substituents is 1. The number of ether oxygens (including phenoxy) is 3. The van der Waals surface area contributed by atoms with Gasteiger partial charge in [0.25, 0.3) is 5.91 Å². The lowest BCUT2D eigenvalue weighted by Gasteiger charge is -2.41. The number of hydrogen-bond acceptors (Lipinski definition) is 8. The molecule has 0 heterocycles. The molecule has 0 aliphatic heterocycles. The van der Waals surface area contributed by atoms with Crippen LogP contribution < -0.4 is 4.74 Å². The minimum atomic E-state index is -1.56. The lowest BCUT2D eigenvalue weighted by atomic mass is 9.86. The largest absolute Gasteiger partial charge is 0.507 e. The summed E-state index contributed by atoms with van der Waals surface area (Å²) in [4.78, 5) is 37.8. The highest BCUT2D eigenvalue weighted by Gasteiger charge is 2.49. The Morgan fingerprint density at radius 2 is 1.57 bits per heavy atom. The molecule has 0 aliphatic rings. The summed E-state index contributed by atoms with van der Waals surface area (Å²) in [6.45, 7) is 16.2. The maximum absolute atomic E-state index is 13.2. The third-order valence-electron chi connectivity index (χ3n) is 7.38. The van der Waals surface area contributed by atoms with E-state index in [1.807, 2.05) is 54.5 Å². The molecule has 0 saturated heterocycles. The van der Waals surface area contributed by atoms with Gasteiger partial charge in [-0.05, 0) is 84.6 Å². The van der Waals surface area contributed by atoms with Crippen molar-refractivity contribution in [2.75, 3.05) is 20.2 Å². The van der Waals surface area contributed by atoms with Gasteiger partial charge in [-0.15, -0.1) is 11.8 Å². The first-order valence-corrected chi connectivity index (χ1v) is 18.2. The Bertz CT molecular complexity index is 1260. The first-order valence-electron chi connectivity index (χ1n) is 15.6. The van der Waals surface area contributed by atoms with Crippen molar-refractivity contribution < 1.29 is 33.7 Å². The fourth-order valence-corrected chi connectivity index (χ4v) is 6.61. The molecular weight excluding hydrogens is 708 g/mol. The van der Waals surface area contributed by atoms with E-state index in [9.17, 15) is 19.5 Å². The molecule has 0 aliphatic carbocycles. The molecule has 0 unspecified atom stereocenters. The van der Waals surface area contributed by atoms with Gasteiger partial charge in [0.1, 0.15) is 17.1 Å². The van der Waals surface area contributed by atoms with Gasteiger partial charge in [-0.3, -0.25) is 4.79 Å². The van der Waals surface area contributed by atoms with Gasteiger partial charge in [-0.1, -0.05) is 83.5 Å². The molecule has 0 saturated carbocycles. The minimum Gasteiger partial charge on any atom is -0.507 e. The summed E-state index contributed by atoms with van der Waals surface area (Å²) in [5.74, 6) is -2.32. The van der Waals surface area contributed by atoms with Crippen LogP contribution in [0.1, 0.15) is 102 Å². The van der Waals surface area contributed by atoms with E-state index in [0.717, 1.165) is 18.4 Å². The number of benzene rings is 1. The van der Waals surface area contributed by atoms with Gasteiger partial charge in [0, 0.05) is 18.7 Å². The molecule has 1 aromatic carbocycles. The summed E-state index contributed by atoms with van der Waals surface area (Å²) < 4.78 is 17.7. The highest BCUT2D eigenvalue weighted by Crippen LogP contribution is 2.50. The summed E-state index contributed by atoms with van der Waals surface area (Å²) in [5.41, 5.74) is 1.23. The molecule has 1 N–H and O–H groups in total. The van der Waals surface area contributed by atoms with E-state index >= 15 is 0 Å². The van der Waals surface area contributed by atoms with Crippen molar-refractivity contribution in [3.05, 3.63) is 46.6 Å². The number of amides is 1. The van der Waals surface area contributed by atoms with Crippen molar-refractivity contribution >= 4 is 76.0 Å². The molecule has 1 aromatic rings. The highest BCUT2D eigenvalue weighted by molar-refractivity contribution is 8.00. The predicted molar refractivity (Wildman–Crippen MR) is 194 cm³/mol. The standard InChI is InChI=1S/C34H49Cl4NO7S/c1-10-39(11-2)31(41)23-18-24(40)26(25(19-23)44-9)27(47-21(5)6)28(45-32(42)29(35)36)34(8,46-33(43)30(37)38)17-13-16-22(7)15-12-14-20(3)4/h14,16,18-19,21,27-30,40H,10-13,15,17H2,1-9H3/b22-16+/t27-,28-,34+/m1/s1. The number of thioether (sulfide) groups is 1. The summed E-state index contributed by atoms with van der Waals surface area (Å²) in [7, 11) is 1.41. The quantitative estimate of drug-likeness (QED) is 0.0847. The van der Waals surface area contributed by atoms with Gasteiger partial charge in [0.05, 0.1) is 17.9 Å². The Hall–Kier alpha value is -1.78. The Kier molecular flexibility index (Phi) is 19.0. The number of phenols is 1. The van der Waals surface area contributed by atoms with Crippen LogP contribution in [0.15, 0.2) is 35.4 Å². The molecule has 0 spiro atoms. The van der Waals surface area contributed by atoms with Gasteiger partial charge in [0.15, 0.2) is 6.10 Å². The number of rotatable bonds is 19. The first-order chi connectivity index (χ1) is 21.9. The maximum atomic E-state index is 13.2.